The van der Waals surface area contributed by atoms with Gasteiger partial charge in [-0.15, -0.1) is 24.0 Å². The summed E-state index contributed by atoms with van der Waals surface area (Å²) in [4.78, 5) is 10.9. The Morgan fingerprint density at radius 3 is 2.60 bits per heavy atom. The van der Waals surface area contributed by atoms with Gasteiger partial charge in [0.05, 0.1) is 17.8 Å². The van der Waals surface area contributed by atoms with Crippen LogP contribution in [0.25, 0.3) is 0 Å². The van der Waals surface area contributed by atoms with Crippen LogP contribution >= 0.6 is 24.0 Å². The Hall–Kier alpha value is -1.88. The first-order valence-electron chi connectivity index (χ1n) is 9.61. The highest BCUT2D eigenvalue weighted by Gasteiger charge is 2.30. The van der Waals surface area contributed by atoms with Crippen molar-refractivity contribution in [1.29, 1.82) is 0 Å². The summed E-state index contributed by atoms with van der Waals surface area (Å²) in [6.45, 7) is 4.94. The van der Waals surface area contributed by atoms with Crippen molar-refractivity contribution >= 4 is 29.9 Å². The van der Waals surface area contributed by atoms with Gasteiger partial charge in [-0.2, -0.15) is 13.2 Å². The fourth-order valence-corrected chi connectivity index (χ4v) is 3.41. The third-order valence-corrected chi connectivity index (χ3v) is 5.07. The van der Waals surface area contributed by atoms with Crippen molar-refractivity contribution in [3.8, 4) is 0 Å². The van der Waals surface area contributed by atoms with E-state index in [1.54, 1.807) is 25.4 Å². The van der Waals surface area contributed by atoms with Gasteiger partial charge in [-0.25, -0.2) is 0 Å². The fourth-order valence-electron chi connectivity index (χ4n) is 3.41. The van der Waals surface area contributed by atoms with E-state index in [2.05, 4.69) is 25.5 Å². The van der Waals surface area contributed by atoms with E-state index in [-0.39, 0.29) is 30.0 Å². The predicted molar refractivity (Wildman–Crippen MR) is 123 cm³/mol. The number of nitrogens with one attached hydrogen (secondary N) is 2. The number of halogens is 4. The molecule has 1 fully saturated rings. The minimum atomic E-state index is -4.29. The molecule has 1 aromatic carbocycles. The van der Waals surface area contributed by atoms with Gasteiger partial charge in [-0.05, 0) is 42.7 Å². The van der Waals surface area contributed by atoms with E-state index < -0.39 is 11.7 Å². The molecule has 0 saturated carbocycles. The van der Waals surface area contributed by atoms with Gasteiger partial charge in [0.1, 0.15) is 0 Å². The molecular formula is C21H27F3IN5. The lowest BCUT2D eigenvalue weighted by Gasteiger charge is -2.19. The van der Waals surface area contributed by atoms with Crippen LogP contribution in [0.15, 0.2) is 47.6 Å². The van der Waals surface area contributed by atoms with Crippen molar-refractivity contribution in [2.75, 3.05) is 20.1 Å². The summed E-state index contributed by atoms with van der Waals surface area (Å²) in [6, 6.07) is 9.57. The molecule has 3 rings (SSSR count). The molecule has 0 spiro atoms. The molecule has 1 unspecified atom stereocenters. The van der Waals surface area contributed by atoms with E-state index in [4.69, 9.17) is 0 Å². The highest BCUT2D eigenvalue weighted by molar-refractivity contribution is 14.0. The Morgan fingerprint density at radius 1 is 1.23 bits per heavy atom. The number of nitrogens with zero attached hydrogens (tertiary/aromatic N) is 3. The lowest BCUT2D eigenvalue weighted by molar-refractivity contribution is -0.137. The summed E-state index contributed by atoms with van der Waals surface area (Å²) in [5.74, 6) is 0.719. The highest BCUT2D eigenvalue weighted by atomic mass is 127. The van der Waals surface area contributed by atoms with Gasteiger partial charge in [0, 0.05) is 38.9 Å². The number of aryl methyl sites for hydroxylation is 1. The van der Waals surface area contributed by atoms with Gasteiger partial charge >= 0.3 is 6.18 Å². The lowest BCUT2D eigenvalue weighted by Crippen LogP contribution is -2.44. The number of guanidine groups is 1. The molecule has 1 saturated heterocycles. The van der Waals surface area contributed by atoms with Crippen molar-refractivity contribution in [2.24, 2.45) is 4.99 Å². The smallest absolute Gasteiger partial charge is 0.352 e. The zero-order valence-electron chi connectivity index (χ0n) is 17.0. The van der Waals surface area contributed by atoms with Crippen LogP contribution in [0.1, 0.15) is 28.8 Å². The van der Waals surface area contributed by atoms with Crippen LogP contribution in [0.2, 0.25) is 0 Å². The first-order valence-corrected chi connectivity index (χ1v) is 9.61. The molecular weight excluding hydrogens is 506 g/mol. The average molecular weight is 533 g/mol. The molecule has 9 heteroatoms. The first-order chi connectivity index (χ1) is 13.8. The van der Waals surface area contributed by atoms with Crippen LogP contribution in [0.4, 0.5) is 13.2 Å². The molecule has 0 bridgehead atoms. The molecule has 1 aliphatic rings. The number of hydrogen-bond donors (Lipinski definition) is 2. The van der Waals surface area contributed by atoms with Gasteiger partial charge in [0.15, 0.2) is 5.96 Å². The highest BCUT2D eigenvalue weighted by Crippen LogP contribution is 2.29. The third-order valence-electron chi connectivity index (χ3n) is 5.07. The largest absolute Gasteiger partial charge is 0.416 e. The second-order valence-electron chi connectivity index (χ2n) is 7.25. The summed E-state index contributed by atoms with van der Waals surface area (Å²) in [5.41, 5.74) is 2.37. The van der Waals surface area contributed by atoms with Gasteiger partial charge in [0.2, 0.25) is 0 Å². The quantitative estimate of drug-likeness (QED) is 0.347. The van der Waals surface area contributed by atoms with Crippen LogP contribution in [0.3, 0.4) is 0 Å². The summed E-state index contributed by atoms with van der Waals surface area (Å²) in [6.07, 6.45) is -1.57. The number of pyridine rings is 1. The van der Waals surface area contributed by atoms with Crippen molar-refractivity contribution in [3.05, 3.63) is 65.0 Å². The molecule has 30 heavy (non-hydrogen) atoms. The molecule has 0 aliphatic carbocycles. The SMILES string of the molecule is CN=C(NCc1ncccc1C)NC1CCN(Cc2ccc(C(F)(F)F)cc2)C1.I. The van der Waals surface area contributed by atoms with Crippen molar-refractivity contribution in [2.45, 2.75) is 38.7 Å². The Balaban J connectivity index is 0.00000320. The molecule has 0 amide bonds. The van der Waals surface area contributed by atoms with Crippen molar-refractivity contribution in [3.63, 3.8) is 0 Å². The molecule has 1 aliphatic heterocycles. The lowest BCUT2D eigenvalue weighted by atomic mass is 10.1. The van der Waals surface area contributed by atoms with Gasteiger partial charge in [-0.3, -0.25) is 14.9 Å². The number of likely N-dealkylation sites (tertiary alicyclic amines) is 1. The Labute approximate surface area is 192 Å². The van der Waals surface area contributed by atoms with E-state index in [9.17, 15) is 13.2 Å². The van der Waals surface area contributed by atoms with Crippen LogP contribution in [0.5, 0.6) is 0 Å². The maximum Gasteiger partial charge on any atom is 0.416 e. The average Bonchev–Trinajstić information content (AvgIpc) is 3.12. The molecule has 164 valence electrons. The second-order valence-corrected chi connectivity index (χ2v) is 7.25. The van der Waals surface area contributed by atoms with Crippen LogP contribution < -0.4 is 10.6 Å². The monoisotopic (exact) mass is 533 g/mol. The third kappa shape index (κ3) is 6.83. The molecule has 2 N–H and O–H groups in total. The molecule has 2 heterocycles. The zero-order chi connectivity index (χ0) is 20.9. The van der Waals surface area contributed by atoms with E-state index in [0.29, 0.717) is 13.1 Å². The second kappa shape index (κ2) is 10.9. The Kier molecular flexibility index (Phi) is 8.90. The van der Waals surface area contributed by atoms with Crippen LogP contribution in [-0.2, 0) is 19.3 Å². The number of hydrogen-bond acceptors (Lipinski definition) is 3. The van der Waals surface area contributed by atoms with Gasteiger partial charge in [-0.1, -0.05) is 18.2 Å². The summed E-state index contributed by atoms with van der Waals surface area (Å²) in [5, 5.41) is 6.71. The molecule has 0 radical (unpaired) electrons. The maximum absolute atomic E-state index is 12.7. The summed E-state index contributed by atoms with van der Waals surface area (Å²) < 4.78 is 38.1. The number of rotatable bonds is 5. The Bertz CT molecular complexity index is 839. The van der Waals surface area contributed by atoms with Crippen molar-refractivity contribution < 1.29 is 13.2 Å². The van der Waals surface area contributed by atoms with Gasteiger partial charge in [0.25, 0.3) is 0 Å². The number of benzene rings is 1. The minimum Gasteiger partial charge on any atom is -0.352 e. The van der Waals surface area contributed by atoms with Gasteiger partial charge < -0.3 is 10.6 Å². The predicted octanol–water partition coefficient (Wildman–Crippen LogP) is 3.97. The van der Waals surface area contributed by atoms with E-state index >= 15 is 0 Å². The normalized spacial score (nSPS) is 17.5. The molecule has 1 aromatic heterocycles. The van der Waals surface area contributed by atoms with Crippen LogP contribution in [-0.4, -0.2) is 42.0 Å². The fraction of sp³-hybridized carbons (Fsp3) is 0.429. The topological polar surface area (TPSA) is 52.6 Å². The standard InChI is InChI=1S/C21H26F3N5.HI/c1-15-4-3-10-26-19(15)12-27-20(25-2)28-18-9-11-29(14-18)13-16-5-7-17(8-6-16)21(22,23)24;/h3-8,10,18H,9,11-14H2,1-2H3,(H2,25,27,28);1H. The molecule has 5 nitrogen and oxygen atoms in total. The first kappa shape index (κ1) is 24.4. The number of aromatic nitrogens is 1. The van der Waals surface area contributed by atoms with Crippen LogP contribution in [0, 0.1) is 6.92 Å². The minimum absolute atomic E-state index is 0. The zero-order valence-corrected chi connectivity index (χ0v) is 19.4. The molecule has 1 atom stereocenters. The van der Waals surface area contributed by atoms with Crippen molar-refractivity contribution in [1.82, 2.24) is 20.5 Å². The molecule has 2 aromatic rings. The Morgan fingerprint density at radius 2 is 1.97 bits per heavy atom. The van der Waals surface area contributed by atoms with E-state index in [1.165, 1.54) is 0 Å². The summed E-state index contributed by atoms with van der Waals surface area (Å²) in [7, 11) is 1.73. The number of aliphatic imine (C=N–C) groups is 1. The summed E-state index contributed by atoms with van der Waals surface area (Å²) >= 11 is 0. The van der Waals surface area contributed by atoms with E-state index in [1.807, 2.05) is 19.1 Å². The van der Waals surface area contributed by atoms with E-state index in [0.717, 1.165) is 54.4 Å². The number of alkyl halides is 3. The maximum atomic E-state index is 12.7.